The predicted molar refractivity (Wildman–Crippen MR) is 69.8 cm³/mol. The van der Waals surface area contributed by atoms with E-state index in [0.29, 0.717) is 30.8 Å². The lowest BCUT2D eigenvalue weighted by atomic mass is 10.2. The molecule has 2 heterocycles. The Bertz CT molecular complexity index is 570. The van der Waals surface area contributed by atoms with Crippen LogP contribution in [-0.2, 0) is 11.0 Å². The number of hydrogen-bond acceptors (Lipinski definition) is 4. The summed E-state index contributed by atoms with van der Waals surface area (Å²) in [5, 5.41) is 2.59. The van der Waals surface area contributed by atoms with E-state index in [1.165, 1.54) is 11.0 Å². The van der Waals surface area contributed by atoms with Gasteiger partial charge in [-0.3, -0.25) is 9.59 Å². The van der Waals surface area contributed by atoms with Crippen molar-refractivity contribution in [2.45, 2.75) is 18.6 Å². The highest BCUT2D eigenvalue weighted by atomic mass is 32.1. The van der Waals surface area contributed by atoms with Crippen molar-refractivity contribution in [3.8, 4) is 0 Å². The van der Waals surface area contributed by atoms with E-state index in [-0.39, 0.29) is 17.6 Å². The second-order valence-corrected chi connectivity index (χ2v) is 5.34. The largest absolute Gasteiger partial charge is 0.443 e. The van der Waals surface area contributed by atoms with E-state index in [1.807, 2.05) is 0 Å². The van der Waals surface area contributed by atoms with Crippen molar-refractivity contribution in [2.75, 3.05) is 13.1 Å². The molecule has 0 unspecified atom stereocenters. The summed E-state index contributed by atoms with van der Waals surface area (Å²) in [5.74, 6) is -0.903. The summed E-state index contributed by atoms with van der Waals surface area (Å²) in [6.45, 7) is 4.16. The summed E-state index contributed by atoms with van der Waals surface area (Å²) in [5.41, 5.74) is -0.263. The zero-order valence-electron chi connectivity index (χ0n) is 10.8. The minimum absolute atomic E-state index is 0.236. The second kappa shape index (κ2) is 5.84. The standard InChI is InChI=1S/C12H12F3N3O2S/c1-2-9(19)18-4-3-7(5-18)16-10(20)8-6-21-11(17-8)12(13,14)15/h2,6-7H,1,3-5H2,(H,16,20)/t7-/m1/s1. The van der Waals surface area contributed by atoms with Crippen LogP contribution in [0, 0.1) is 0 Å². The van der Waals surface area contributed by atoms with Gasteiger partial charge in [0.25, 0.3) is 5.91 Å². The van der Waals surface area contributed by atoms with Gasteiger partial charge in [-0.05, 0) is 12.5 Å². The van der Waals surface area contributed by atoms with Crippen LogP contribution in [0.3, 0.4) is 0 Å². The van der Waals surface area contributed by atoms with Crippen molar-refractivity contribution < 1.29 is 22.8 Å². The van der Waals surface area contributed by atoms with Crippen LogP contribution < -0.4 is 5.32 Å². The van der Waals surface area contributed by atoms with Gasteiger partial charge in [-0.25, -0.2) is 4.98 Å². The van der Waals surface area contributed by atoms with Crippen molar-refractivity contribution in [1.82, 2.24) is 15.2 Å². The molecule has 0 aliphatic carbocycles. The van der Waals surface area contributed by atoms with Crippen molar-refractivity contribution in [1.29, 1.82) is 0 Å². The first-order valence-electron chi connectivity index (χ1n) is 6.06. The summed E-state index contributed by atoms with van der Waals surface area (Å²) < 4.78 is 37.2. The third-order valence-corrected chi connectivity index (χ3v) is 3.88. The van der Waals surface area contributed by atoms with Crippen molar-refractivity contribution in [3.63, 3.8) is 0 Å². The fourth-order valence-corrected chi connectivity index (χ4v) is 2.64. The maximum absolute atomic E-state index is 12.4. The zero-order valence-corrected chi connectivity index (χ0v) is 11.6. The summed E-state index contributed by atoms with van der Waals surface area (Å²) in [6.07, 6.45) is -2.83. The normalized spacial score (nSPS) is 18.6. The average molecular weight is 319 g/mol. The number of likely N-dealkylation sites (tertiary alicyclic amines) is 1. The van der Waals surface area contributed by atoms with Gasteiger partial charge < -0.3 is 10.2 Å². The van der Waals surface area contributed by atoms with Crippen LogP contribution in [0.25, 0.3) is 0 Å². The third kappa shape index (κ3) is 3.60. The minimum atomic E-state index is -4.55. The van der Waals surface area contributed by atoms with Crippen LogP contribution in [0.2, 0.25) is 0 Å². The molecule has 0 radical (unpaired) electrons. The van der Waals surface area contributed by atoms with Crippen LogP contribution in [0.5, 0.6) is 0 Å². The number of nitrogens with zero attached hydrogens (tertiary/aromatic N) is 2. The number of hydrogen-bond donors (Lipinski definition) is 1. The lowest BCUT2D eigenvalue weighted by molar-refractivity contribution is -0.137. The number of thiazole rings is 1. The van der Waals surface area contributed by atoms with E-state index in [2.05, 4.69) is 16.9 Å². The number of alkyl halides is 3. The molecule has 1 saturated heterocycles. The Hall–Kier alpha value is -1.90. The van der Waals surface area contributed by atoms with E-state index in [1.54, 1.807) is 0 Å². The number of nitrogens with one attached hydrogen (secondary N) is 1. The van der Waals surface area contributed by atoms with Gasteiger partial charge in [0.05, 0.1) is 0 Å². The van der Waals surface area contributed by atoms with Gasteiger partial charge in [-0.15, -0.1) is 11.3 Å². The van der Waals surface area contributed by atoms with Gasteiger partial charge >= 0.3 is 6.18 Å². The lowest BCUT2D eigenvalue weighted by Gasteiger charge is -2.14. The monoisotopic (exact) mass is 319 g/mol. The summed E-state index contributed by atoms with van der Waals surface area (Å²) >= 11 is 0.377. The van der Waals surface area contributed by atoms with Crippen LogP contribution >= 0.6 is 11.3 Å². The molecule has 1 aliphatic rings. The molecule has 0 spiro atoms. The number of amides is 2. The molecule has 21 heavy (non-hydrogen) atoms. The number of aromatic nitrogens is 1. The average Bonchev–Trinajstić information content (AvgIpc) is 3.05. The molecular weight excluding hydrogens is 307 g/mol. The minimum Gasteiger partial charge on any atom is -0.346 e. The summed E-state index contributed by atoms with van der Waals surface area (Å²) in [4.78, 5) is 28.0. The molecule has 9 heteroatoms. The van der Waals surface area contributed by atoms with Crippen LogP contribution in [-0.4, -0.2) is 40.8 Å². The second-order valence-electron chi connectivity index (χ2n) is 4.48. The highest BCUT2D eigenvalue weighted by Gasteiger charge is 2.35. The Morgan fingerprint density at radius 1 is 1.52 bits per heavy atom. The predicted octanol–water partition coefficient (Wildman–Crippen LogP) is 1.68. The molecule has 1 N–H and O–H groups in total. The summed E-state index contributed by atoms with van der Waals surface area (Å²) in [7, 11) is 0. The van der Waals surface area contributed by atoms with E-state index >= 15 is 0 Å². The summed E-state index contributed by atoms with van der Waals surface area (Å²) in [6, 6.07) is -0.294. The molecule has 0 saturated carbocycles. The Labute approximate surface area is 122 Å². The van der Waals surface area contributed by atoms with Gasteiger partial charge in [0.1, 0.15) is 5.69 Å². The molecule has 1 aromatic rings. The Kier molecular flexibility index (Phi) is 4.31. The van der Waals surface area contributed by atoms with Gasteiger partial charge in [0.2, 0.25) is 5.91 Å². The Morgan fingerprint density at radius 2 is 2.24 bits per heavy atom. The topological polar surface area (TPSA) is 62.3 Å². The number of carbonyl (C=O) groups excluding carboxylic acids is 2. The molecule has 2 rings (SSSR count). The number of carbonyl (C=O) groups is 2. The van der Waals surface area contributed by atoms with Gasteiger partial charge in [0.15, 0.2) is 5.01 Å². The smallest absolute Gasteiger partial charge is 0.346 e. The van der Waals surface area contributed by atoms with Gasteiger partial charge in [0, 0.05) is 24.5 Å². The van der Waals surface area contributed by atoms with Crippen LogP contribution in [0.1, 0.15) is 21.9 Å². The quantitative estimate of drug-likeness (QED) is 0.862. The van der Waals surface area contributed by atoms with Crippen LogP contribution in [0.15, 0.2) is 18.0 Å². The van der Waals surface area contributed by atoms with Crippen molar-refractivity contribution in [2.24, 2.45) is 0 Å². The molecule has 114 valence electrons. The zero-order chi connectivity index (χ0) is 15.6. The fraction of sp³-hybridized carbons (Fsp3) is 0.417. The molecule has 1 aliphatic heterocycles. The van der Waals surface area contributed by atoms with E-state index in [0.717, 1.165) is 5.38 Å². The lowest BCUT2D eigenvalue weighted by Crippen LogP contribution is -2.38. The Balaban J connectivity index is 1.95. The maximum Gasteiger partial charge on any atom is 0.443 e. The molecule has 1 aromatic heterocycles. The first-order valence-corrected chi connectivity index (χ1v) is 6.94. The molecular formula is C12H12F3N3O2S. The SMILES string of the molecule is C=CC(=O)N1CC[C@@H](NC(=O)c2csc(C(F)(F)F)n2)C1. The number of halogens is 3. The highest BCUT2D eigenvalue weighted by Crippen LogP contribution is 2.31. The molecule has 5 nitrogen and oxygen atoms in total. The molecule has 0 bridgehead atoms. The van der Waals surface area contributed by atoms with E-state index in [9.17, 15) is 22.8 Å². The van der Waals surface area contributed by atoms with Crippen molar-refractivity contribution in [3.05, 3.63) is 28.7 Å². The maximum atomic E-state index is 12.4. The van der Waals surface area contributed by atoms with Gasteiger partial charge in [-0.2, -0.15) is 13.2 Å². The van der Waals surface area contributed by atoms with Gasteiger partial charge in [-0.1, -0.05) is 6.58 Å². The molecule has 2 amide bonds. The fourth-order valence-electron chi connectivity index (χ4n) is 1.97. The third-order valence-electron chi connectivity index (χ3n) is 2.99. The molecule has 1 fully saturated rings. The molecule has 1 atom stereocenters. The first-order chi connectivity index (χ1) is 9.81. The van der Waals surface area contributed by atoms with E-state index < -0.39 is 17.1 Å². The van der Waals surface area contributed by atoms with Crippen molar-refractivity contribution >= 4 is 23.2 Å². The first kappa shape index (κ1) is 15.5. The molecule has 0 aromatic carbocycles. The Morgan fingerprint density at radius 3 is 2.81 bits per heavy atom. The number of rotatable bonds is 3. The van der Waals surface area contributed by atoms with Crippen LogP contribution in [0.4, 0.5) is 13.2 Å². The van der Waals surface area contributed by atoms with E-state index in [4.69, 9.17) is 0 Å². The highest BCUT2D eigenvalue weighted by molar-refractivity contribution is 7.09.